The molecule has 0 unspecified atom stereocenters. The van der Waals surface area contributed by atoms with Gasteiger partial charge in [0.05, 0.1) is 11.7 Å². The van der Waals surface area contributed by atoms with Crippen LogP contribution in [0.2, 0.25) is 0 Å². The zero-order valence-corrected chi connectivity index (χ0v) is 15.4. The molecule has 2 aromatic rings. The van der Waals surface area contributed by atoms with E-state index in [4.69, 9.17) is 19.3 Å². The van der Waals surface area contributed by atoms with Gasteiger partial charge in [0.15, 0.2) is 6.61 Å². The van der Waals surface area contributed by atoms with E-state index in [1.54, 1.807) is 36.4 Å². The first-order valence-electron chi connectivity index (χ1n) is 9.17. The number of carbonyl (C=O) groups is 2. The van der Waals surface area contributed by atoms with Crippen molar-refractivity contribution < 1.29 is 28.9 Å². The van der Waals surface area contributed by atoms with Crippen molar-refractivity contribution in [3.63, 3.8) is 0 Å². The minimum atomic E-state index is -1.04. The van der Waals surface area contributed by atoms with Crippen LogP contribution in [0.5, 0.6) is 11.5 Å². The normalized spacial score (nSPS) is 15.8. The van der Waals surface area contributed by atoms with Crippen LogP contribution in [0.3, 0.4) is 0 Å². The van der Waals surface area contributed by atoms with E-state index in [1.165, 1.54) is 0 Å². The Kier molecular flexibility index (Phi) is 6.86. The average Bonchev–Trinajstić information content (AvgIpc) is 3.23. The van der Waals surface area contributed by atoms with Gasteiger partial charge < -0.3 is 24.6 Å². The van der Waals surface area contributed by atoms with Crippen molar-refractivity contribution >= 4 is 11.9 Å². The maximum atomic E-state index is 12.6. The molecule has 1 fully saturated rings. The van der Waals surface area contributed by atoms with Crippen LogP contribution >= 0.6 is 0 Å². The molecule has 28 heavy (non-hydrogen) atoms. The fourth-order valence-corrected chi connectivity index (χ4v) is 2.91. The summed E-state index contributed by atoms with van der Waals surface area (Å²) in [6.45, 7) is 1.05. The first kappa shape index (κ1) is 19.7. The monoisotopic (exact) mass is 385 g/mol. The molecule has 2 aromatic carbocycles. The highest BCUT2D eigenvalue weighted by molar-refractivity contribution is 5.96. The molecule has 0 saturated carbocycles. The highest BCUT2D eigenvalue weighted by Crippen LogP contribution is 2.21. The van der Waals surface area contributed by atoms with Crippen LogP contribution in [0.4, 0.5) is 0 Å². The van der Waals surface area contributed by atoms with Gasteiger partial charge >= 0.3 is 5.97 Å². The molecule has 1 aliphatic rings. The van der Waals surface area contributed by atoms with Gasteiger partial charge in [0, 0.05) is 13.2 Å². The minimum Gasteiger partial charge on any atom is -0.490 e. The molecule has 0 radical (unpaired) electrons. The van der Waals surface area contributed by atoms with Crippen molar-refractivity contribution in [3.05, 3.63) is 59.7 Å². The van der Waals surface area contributed by atoms with Crippen molar-refractivity contribution in [3.8, 4) is 11.5 Å². The Morgan fingerprint density at radius 2 is 2.00 bits per heavy atom. The number of carboxylic acid groups (broad SMARTS) is 1. The van der Waals surface area contributed by atoms with E-state index in [-0.39, 0.29) is 18.6 Å². The molecule has 1 saturated heterocycles. The second-order valence-electron chi connectivity index (χ2n) is 6.45. The quantitative estimate of drug-likeness (QED) is 0.689. The predicted octanol–water partition coefficient (Wildman–Crippen LogP) is 2.64. The number of para-hydroxylation sites is 1. The number of amides is 1. The van der Waals surface area contributed by atoms with E-state index in [1.807, 2.05) is 12.1 Å². The number of rotatable bonds is 9. The van der Waals surface area contributed by atoms with Crippen molar-refractivity contribution in [1.82, 2.24) is 5.32 Å². The van der Waals surface area contributed by atoms with Crippen LogP contribution in [0, 0.1) is 0 Å². The van der Waals surface area contributed by atoms with E-state index in [0.29, 0.717) is 23.7 Å². The lowest BCUT2D eigenvalue weighted by molar-refractivity contribution is -0.139. The fraction of sp³-hybridized carbons (Fsp3) is 0.333. The number of nitrogens with one attached hydrogen (secondary N) is 1. The van der Waals surface area contributed by atoms with Gasteiger partial charge in [0.1, 0.15) is 18.1 Å². The molecule has 148 valence electrons. The second-order valence-corrected chi connectivity index (χ2v) is 6.45. The van der Waals surface area contributed by atoms with Gasteiger partial charge in [-0.2, -0.15) is 0 Å². The van der Waals surface area contributed by atoms with Gasteiger partial charge in [-0.15, -0.1) is 0 Å². The Labute approximate surface area is 163 Å². The zero-order valence-electron chi connectivity index (χ0n) is 15.4. The molecule has 0 bridgehead atoms. The van der Waals surface area contributed by atoms with Crippen molar-refractivity contribution in [2.75, 3.05) is 19.8 Å². The third-order valence-corrected chi connectivity index (χ3v) is 4.29. The maximum absolute atomic E-state index is 12.6. The van der Waals surface area contributed by atoms with Crippen LogP contribution in [-0.4, -0.2) is 42.9 Å². The summed E-state index contributed by atoms with van der Waals surface area (Å²) in [6.07, 6.45) is 2.07. The first-order chi connectivity index (χ1) is 13.6. The standard InChI is InChI=1S/C21H23NO6/c23-20(24)14-27-16-6-3-5-15(11-16)12-22-21(25)18-8-1-2-9-19(18)28-13-17-7-4-10-26-17/h1-3,5-6,8-9,11,17H,4,7,10,12-14H2,(H,22,25)(H,23,24)/t17-/m0/s1. The smallest absolute Gasteiger partial charge is 0.341 e. The molecule has 1 heterocycles. The van der Waals surface area contributed by atoms with Crippen molar-refractivity contribution in [2.24, 2.45) is 0 Å². The first-order valence-corrected chi connectivity index (χ1v) is 9.17. The lowest BCUT2D eigenvalue weighted by Gasteiger charge is -2.14. The Morgan fingerprint density at radius 3 is 2.79 bits per heavy atom. The maximum Gasteiger partial charge on any atom is 0.341 e. The van der Waals surface area contributed by atoms with E-state index in [2.05, 4.69) is 5.32 Å². The van der Waals surface area contributed by atoms with Crippen LogP contribution in [0.15, 0.2) is 48.5 Å². The summed E-state index contributed by atoms with van der Waals surface area (Å²) in [5.74, 6) is -0.332. The Morgan fingerprint density at radius 1 is 1.14 bits per heavy atom. The van der Waals surface area contributed by atoms with Gasteiger partial charge in [0.25, 0.3) is 5.91 Å². The SMILES string of the molecule is O=C(O)COc1cccc(CNC(=O)c2ccccc2OC[C@@H]2CCCO2)c1. The van der Waals surface area contributed by atoms with Crippen molar-refractivity contribution in [2.45, 2.75) is 25.5 Å². The lowest BCUT2D eigenvalue weighted by atomic mass is 10.1. The van der Waals surface area contributed by atoms with Gasteiger partial charge in [0.2, 0.25) is 0 Å². The summed E-state index contributed by atoms with van der Waals surface area (Å²) < 4.78 is 16.5. The van der Waals surface area contributed by atoms with Gasteiger partial charge in [-0.05, 0) is 42.7 Å². The molecule has 0 spiro atoms. The van der Waals surface area contributed by atoms with Crippen LogP contribution in [-0.2, 0) is 16.1 Å². The molecule has 0 aromatic heterocycles. The average molecular weight is 385 g/mol. The summed E-state index contributed by atoms with van der Waals surface area (Å²) in [5.41, 5.74) is 1.26. The number of hydrogen-bond acceptors (Lipinski definition) is 5. The molecule has 1 atom stereocenters. The van der Waals surface area contributed by atoms with Crippen LogP contribution < -0.4 is 14.8 Å². The number of benzene rings is 2. The molecule has 3 rings (SSSR count). The van der Waals surface area contributed by atoms with E-state index in [0.717, 1.165) is 25.0 Å². The summed E-state index contributed by atoms with van der Waals surface area (Å²) in [7, 11) is 0. The highest BCUT2D eigenvalue weighted by Gasteiger charge is 2.18. The topological polar surface area (TPSA) is 94.1 Å². The van der Waals surface area contributed by atoms with Crippen LogP contribution in [0.25, 0.3) is 0 Å². The Hall–Kier alpha value is -3.06. The number of aliphatic carboxylic acids is 1. The molecular formula is C21H23NO6. The second kappa shape index (κ2) is 9.75. The molecule has 0 aliphatic carbocycles. The summed E-state index contributed by atoms with van der Waals surface area (Å²) in [6, 6.07) is 14.0. The molecular weight excluding hydrogens is 362 g/mol. The van der Waals surface area contributed by atoms with E-state index in [9.17, 15) is 9.59 Å². The number of carboxylic acids is 1. The summed E-state index contributed by atoms with van der Waals surface area (Å²) >= 11 is 0. The summed E-state index contributed by atoms with van der Waals surface area (Å²) in [5, 5.41) is 11.5. The van der Waals surface area contributed by atoms with Gasteiger partial charge in [-0.1, -0.05) is 24.3 Å². The van der Waals surface area contributed by atoms with E-state index >= 15 is 0 Å². The minimum absolute atomic E-state index is 0.0738. The molecule has 1 amide bonds. The zero-order chi connectivity index (χ0) is 19.8. The molecule has 2 N–H and O–H groups in total. The van der Waals surface area contributed by atoms with Gasteiger partial charge in [-0.3, -0.25) is 4.79 Å². The largest absolute Gasteiger partial charge is 0.490 e. The fourth-order valence-electron chi connectivity index (χ4n) is 2.91. The Bertz CT molecular complexity index is 816. The van der Waals surface area contributed by atoms with E-state index < -0.39 is 12.6 Å². The van der Waals surface area contributed by atoms with Crippen molar-refractivity contribution in [1.29, 1.82) is 0 Å². The predicted molar refractivity (Wildman–Crippen MR) is 102 cm³/mol. The number of carbonyl (C=O) groups excluding carboxylic acids is 1. The van der Waals surface area contributed by atoms with Gasteiger partial charge in [-0.25, -0.2) is 4.79 Å². The third kappa shape index (κ3) is 5.72. The number of ether oxygens (including phenoxy) is 3. The molecule has 1 aliphatic heterocycles. The number of hydrogen-bond donors (Lipinski definition) is 2. The van der Waals surface area contributed by atoms with Crippen LogP contribution in [0.1, 0.15) is 28.8 Å². The molecule has 7 heteroatoms. The Balaban J connectivity index is 1.57. The third-order valence-electron chi connectivity index (χ3n) is 4.29. The summed E-state index contributed by atoms with van der Waals surface area (Å²) in [4.78, 5) is 23.2. The molecule has 7 nitrogen and oxygen atoms in total. The lowest BCUT2D eigenvalue weighted by Crippen LogP contribution is -2.24. The highest BCUT2D eigenvalue weighted by atomic mass is 16.5.